The highest BCUT2D eigenvalue weighted by molar-refractivity contribution is 6.31. The molecule has 1 N–H and O–H groups in total. The third-order valence-corrected chi connectivity index (χ3v) is 2.38. The maximum atomic E-state index is 9.25. The Kier molecular flexibility index (Phi) is 3.58. The molecule has 0 bridgehead atoms. The standard InChI is InChI=1S/C10H14ClNO/c1-3-12(2)7-8-6-9(13)4-5-10(8)11/h4-6,13H,3,7H2,1-2H3. The summed E-state index contributed by atoms with van der Waals surface area (Å²) < 4.78 is 0. The van der Waals surface area contributed by atoms with E-state index < -0.39 is 0 Å². The molecule has 0 heterocycles. The topological polar surface area (TPSA) is 23.5 Å². The van der Waals surface area contributed by atoms with Crippen molar-refractivity contribution >= 4 is 11.6 Å². The number of phenols is 1. The number of benzene rings is 1. The van der Waals surface area contributed by atoms with E-state index in [0.717, 1.165) is 18.7 Å². The molecular weight excluding hydrogens is 186 g/mol. The van der Waals surface area contributed by atoms with E-state index >= 15 is 0 Å². The molecule has 0 amide bonds. The Morgan fingerprint density at radius 1 is 1.46 bits per heavy atom. The lowest BCUT2D eigenvalue weighted by Crippen LogP contribution is -2.16. The first-order valence-electron chi connectivity index (χ1n) is 4.29. The predicted octanol–water partition coefficient (Wildman–Crippen LogP) is 2.50. The van der Waals surface area contributed by atoms with E-state index in [1.165, 1.54) is 0 Å². The highest BCUT2D eigenvalue weighted by Gasteiger charge is 2.03. The summed E-state index contributed by atoms with van der Waals surface area (Å²) in [5.74, 6) is 0.268. The molecule has 1 aromatic carbocycles. The highest BCUT2D eigenvalue weighted by Crippen LogP contribution is 2.21. The first kappa shape index (κ1) is 10.4. The van der Waals surface area contributed by atoms with Gasteiger partial charge < -0.3 is 10.0 Å². The predicted molar refractivity (Wildman–Crippen MR) is 55.1 cm³/mol. The summed E-state index contributed by atoms with van der Waals surface area (Å²) in [5.41, 5.74) is 0.964. The molecule has 0 unspecified atom stereocenters. The summed E-state index contributed by atoms with van der Waals surface area (Å²) in [5, 5.41) is 9.95. The minimum atomic E-state index is 0.268. The summed E-state index contributed by atoms with van der Waals surface area (Å²) in [4.78, 5) is 2.13. The van der Waals surface area contributed by atoms with Crippen LogP contribution in [0.15, 0.2) is 18.2 Å². The van der Waals surface area contributed by atoms with Gasteiger partial charge in [-0.2, -0.15) is 0 Å². The molecule has 2 nitrogen and oxygen atoms in total. The summed E-state index contributed by atoms with van der Waals surface area (Å²) in [7, 11) is 2.01. The van der Waals surface area contributed by atoms with E-state index in [0.29, 0.717) is 5.02 Å². The number of hydrogen-bond acceptors (Lipinski definition) is 2. The normalized spacial score (nSPS) is 10.8. The van der Waals surface area contributed by atoms with Crippen LogP contribution < -0.4 is 0 Å². The van der Waals surface area contributed by atoms with Crippen LogP contribution in [0.1, 0.15) is 12.5 Å². The van der Waals surface area contributed by atoms with Gasteiger partial charge in [0, 0.05) is 11.6 Å². The molecule has 0 aliphatic carbocycles. The van der Waals surface area contributed by atoms with Gasteiger partial charge in [0.25, 0.3) is 0 Å². The zero-order valence-corrected chi connectivity index (χ0v) is 8.67. The number of phenolic OH excluding ortho intramolecular Hbond substituents is 1. The zero-order chi connectivity index (χ0) is 9.84. The van der Waals surface area contributed by atoms with Gasteiger partial charge in [0.2, 0.25) is 0 Å². The Balaban J connectivity index is 2.81. The number of halogens is 1. The molecule has 72 valence electrons. The van der Waals surface area contributed by atoms with Crippen LogP contribution in [0.25, 0.3) is 0 Å². The summed E-state index contributed by atoms with van der Waals surface area (Å²) >= 11 is 5.96. The first-order valence-corrected chi connectivity index (χ1v) is 4.67. The summed E-state index contributed by atoms with van der Waals surface area (Å²) in [6.07, 6.45) is 0. The van der Waals surface area contributed by atoms with Crippen molar-refractivity contribution in [2.75, 3.05) is 13.6 Å². The molecule has 1 aromatic rings. The van der Waals surface area contributed by atoms with Crippen LogP contribution in [-0.2, 0) is 6.54 Å². The summed E-state index contributed by atoms with van der Waals surface area (Å²) in [6, 6.07) is 5.02. The maximum Gasteiger partial charge on any atom is 0.116 e. The van der Waals surface area contributed by atoms with Crippen molar-refractivity contribution in [3.63, 3.8) is 0 Å². The van der Waals surface area contributed by atoms with Gasteiger partial charge in [0.15, 0.2) is 0 Å². The lowest BCUT2D eigenvalue weighted by Gasteiger charge is -2.14. The second-order valence-corrected chi connectivity index (χ2v) is 3.51. The van der Waals surface area contributed by atoms with Crippen molar-refractivity contribution in [1.29, 1.82) is 0 Å². The molecule has 0 atom stereocenters. The van der Waals surface area contributed by atoms with Crippen LogP contribution in [0, 0.1) is 0 Å². The Morgan fingerprint density at radius 2 is 2.15 bits per heavy atom. The molecule has 1 rings (SSSR count). The van der Waals surface area contributed by atoms with Gasteiger partial charge in [-0.1, -0.05) is 18.5 Å². The molecule has 0 radical (unpaired) electrons. The Labute approximate surface area is 83.7 Å². The lowest BCUT2D eigenvalue weighted by molar-refractivity contribution is 0.345. The molecule has 0 aliphatic heterocycles. The molecule has 0 fully saturated rings. The second-order valence-electron chi connectivity index (χ2n) is 3.11. The maximum absolute atomic E-state index is 9.25. The molecule has 0 saturated carbocycles. The van der Waals surface area contributed by atoms with Gasteiger partial charge >= 0.3 is 0 Å². The SMILES string of the molecule is CCN(C)Cc1cc(O)ccc1Cl. The van der Waals surface area contributed by atoms with Crippen LogP contribution in [0.2, 0.25) is 5.02 Å². The molecule has 13 heavy (non-hydrogen) atoms. The third-order valence-electron chi connectivity index (χ3n) is 2.01. The molecular formula is C10H14ClNO. The third kappa shape index (κ3) is 2.90. The number of nitrogens with zero attached hydrogens (tertiary/aromatic N) is 1. The van der Waals surface area contributed by atoms with Crippen LogP contribution in [-0.4, -0.2) is 23.6 Å². The average Bonchev–Trinajstić information content (AvgIpc) is 2.11. The molecule has 3 heteroatoms. The minimum absolute atomic E-state index is 0.268. The molecule has 0 saturated heterocycles. The van der Waals surface area contributed by atoms with E-state index in [9.17, 15) is 5.11 Å². The van der Waals surface area contributed by atoms with E-state index in [1.807, 2.05) is 7.05 Å². The van der Waals surface area contributed by atoms with Crippen molar-refractivity contribution in [1.82, 2.24) is 4.90 Å². The zero-order valence-electron chi connectivity index (χ0n) is 7.92. The lowest BCUT2D eigenvalue weighted by atomic mass is 10.2. The van der Waals surface area contributed by atoms with Gasteiger partial charge in [-0.15, -0.1) is 0 Å². The Bertz CT molecular complexity index is 288. The smallest absolute Gasteiger partial charge is 0.116 e. The Morgan fingerprint density at radius 3 is 2.77 bits per heavy atom. The van der Waals surface area contributed by atoms with Crippen molar-refractivity contribution in [2.45, 2.75) is 13.5 Å². The van der Waals surface area contributed by atoms with Gasteiger partial charge in [-0.3, -0.25) is 0 Å². The number of hydrogen-bond donors (Lipinski definition) is 1. The van der Waals surface area contributed by atoms with Crippen molar-refractivity contribution in [3.8, 4) is 5.75 Å². The fraction of sp³-hybridized carbons (Fsp3) is 0.400. The summed E-state index contributed by atoms with van der Waals surface area (Å²) in [6.45, 7) is 3.81. The average molecular weight is 200 g/mol. The minimum Gasteiger partial charge on any atom is -0.508 e. The van der Waals surface area contributed by atoms with Crippen molar-refractivity contribution in [2.24, 2.45) is 0 Å². The number of aromatic hydroxyl groups is 1. The first-order chi connectivity index (χ1) is 6.13. The highest BCUT2D eigenvalue weighted by atomic mass is 35.5. The second kappa shape index (κ2) is 4.49. The van der Waals surface area contributed by atoms with E-state index in [-0.39, 0.29) is 5.75 Å². The van der Waals surface area contributed by atoms with Crippen molar-refractivity contribution < 1.29 is 5.11 Å². The molecule has 0 aromatic heterocycles. The monoisotopic (exact) mass is 199 g/mol. The van der Waals surface area contributed by atoms with Gasteiger partial charge in [-0.05, 0) is 37.4 Å². The number of rotatable bonds is 3. The van der Waals surface area contributed by atoms with Crippen LogP contribution >= 0.6 is 11.6 Å². The van der Waals surface area contributed by atoms with Crippen LogP contribution in [0.3, 0.4) is 0 Å². The molecule has 0 spiro atoms. The van der Waals surface area contributed by atoms with E-state index in [4.69, 9.17) is 11.6 Å². The van der Waals surface area contributed by atoms with E-state index in [1.54, 1.807) is 18.2 Å². The quantitative estimate of drug-likeness (QED) is 0.809. The Hall–Kier alpha value is -0.730. The van der Waals surface area contributed by atoms with Gasteiger partial charge in [-0.25, -0.2) is 0 Å². The fourth-order valence-electron chi connectivity index (χ4n) is 1.08. The van der Waals surface area contributed by atoms with E-state index in [2.05, 4.69) is 11.8 Å². The fourth-order valence-corrected chi connectivity index (χ4v) is 1.26. The molecule has 0 aliphatic rings. The van der Waals surface area contributed by atoms with Gasteiger partial charge in [0.05, 0.1) is 0 Å². The van der Waals surface area contributed by atoms with Crippen molar-refractivity contribution in [3.05, 3.63) is 28.8 Å². The largest absolute Gasteiger partial charge is 0.508 e. The van der Waals surface area contributed by atoms with Crippen LogP contribution in [0.5, 0.6) is 5.75 Å². The van der Waals surface area contributed by atoms with Gasteiger partial charge in [0.1, 0.15) is 5.75 Å². The van der Waals surface area contributed by atoms with Crippen LogP contribution in [0.4, 0.5) is 0 Å².